The van der Waals surface area contributed by atoms with Crippen LogP contribution in [0.4, 0.5) is 0 Å². The van der Waals surface area contributed by atoms with Crippen LogP contribution in [0.3, 0.4) is 0 Å². The SMILES string of the molecule is CNC(=O)C1CCCCN1S(=O)(=O)c1c[nH]c(C(=O)O)c1. The van der Waals surface area contributed by atoms with E-state index in [1.165, 1.54) is 7.05 Å². The summed E-state index contributed by atoms with van der Waals surface area (Å²) < 4.78 is 26.3. The van der Waals surface area contributed by atoms with E-state index in [4.69, 9.17) is 5.11 Å². The molecule has 0 bridgehead atoms. The Morgan fingerprint density at radius 3 is 2.71 bits per heavy atom. The maximum atomic E-state index is 12.6. The minimum atomic E-state index is -3.90. The molecule has 0 saturated carbocycles. The second-order valence-electron chi connectivity index (χ2n) is 4.80. The number of sulfonamides is 1. The lowest BCUT2D eigenvalue weighted by molar-refractivity contribution is -0.125. The molecule has 0 spiro atoms. The van der Waals surface area contributed by atoms with Crippen molar-refractivity contribution in [2.75, 3.05) is 13.6 Å². The number of piperidine rings is 1. The van der Waals surface area contributed by atoms with E-state index in [9.17, 15) is 18.0 Å². The van der Waals surface area contributed by atoms with E-state index in [0.717, 1.165) is 23.0 Å². The Balaban J connectivity index is 2.35. The topological polar surface area (TPSA) is 120 Å². The fourth-order valence-electron chi connectivity index (χ4n) is 2.40. The first-order valence-corrected chi connectivity index (χ1v) is 7.97. The quantitative estimate of drug-likeness (QED) is 0.722. The number of nitrogens with one attached hydrogen (secondary N) is 2. The van der Waals surface area contributed by atoms with Crippen LogP contribution < -0.4 is 5.32 Å². The van der Waals surface area contributed by atoms with Gasteiger partial charge in [-0.25, -0.2) is 13.2 Å². The smallest absolute Gasteiger partial charge is 0.352 e. The van der Waals surface area contributed by atoms with Crippen LogP contribution in [0.15, 0.2) is 17.2 Å². The highest BCUT2D eigenvalue weighted by Gasteiger charge is 2.37. The third kappa shape index (κ3) is 2.93. The second kappa shape index (κ2) is 5.86. The average molecular weight is 315 g/mol. The molecule has 0 aromatic carbocycles. The van der Waals surface area contributed by atoms with Crippen molar-refractivity contribution in [2.45, 2.75) is 30.2 Å². The monoisotopic (exact) mass is 315 g/mol. The third-order valence-electron chi connectivity index (χ3n) is 3.50. The van der Waals surface area contributed by atoms with Crippen LogP contribution in [-0.4, -0.2) is 54.3 Å². The van der Waals surface area contributed by atoms with E-state index in [1.54, 1.807) is 0 Å². The summed E-state index contributed by atoms with van der Waals surface area (Å²) in [5, 5.41) is 11.3. The van der Waals surface area contributed by atoms with Crippen molar-refractivity contribution in [3.63, 3.8) is 0 Å². The van der Waals surface area contributed by atoms with Gasteiger partial charge >= 0.3 is 5.97 Å². The third-order valence-corrected chi connectivity index (χ3v) is 5.38. The molecule has 1 aromatic rings. The van der Waals surface area contributed by atoms with E-state index >= 15 is 0 Å². The van der Waals surface area contributed by atoms with Crippen LogP contribution >= 0.6 is 0 Å². The van der Waals surface area contributed by atoms with Gasteiger partial charge in [0.15, 0.2) is 0 Å². The summed E-state index contributed by atoms with van der Waals surface area (Å²) in [6, 6.07) is 0.310. The van der Waals surface area contributed by atoms with Crippen molar-refractivity contribution in [1.29, 1.82) is 0 Å². The van der Waals surface area contributed by atoms with Gasteiger partial charge in [0.2, 0.25) is 15.9 Å². The number of aromatic carboxylic acids is 1. The molecule has 8 nitrogen and oxygen atoms in total. The summed E-state index contributed by atoms with van der Waals surface area (Å²) in [6.07, 6.45) is 3.03. The van der Waals surface area contributed by atoms with Gasteiger partial charge in [-0.15, -0.1) is 0 Å². The number of aromatic nitrogens is 1. The molecule has 3 N–H and O–H groups in total. The Hall–Kier alpha value is -1.87. The first-order chi connectivity index (χ1) is 9.87. The molecule has 1 aliphatic heterocycles. The maximum absolute atomic E-state index is 12.6. The molecule has 1 saturated heterocycles. The Morgan fingerprint density at radius 2 is 2.14 bits per heavy atom. The van der Waals surface area contributed by atoms with Gasteiger partial charge in [0.25, 0.3) is 0 Å². The Morgan fingerprint density at radius 1 is 1.43 bits per heavy atom. The summed E-state index contributed by atoms with van der Waals surface area (Å²) in [4.78, 5) is 24.9. The van der Waals surface area contributed by atoms with Gasteiger partial charge in [0, 0.05) is 19.8 Å². The van der Waals surface area contributed by atoms with Crippen LogP contribution in [0.5, 0.6) is 0 Å². The number of aromatic amines is 1. The van der Waals surface area contributed by atoms with E-state index in [1.807, 2.05) is 0 Å². The van der Waals surface area contributed by atoms with Crippen molar-refractivity contribution in [3.8, 4) is 0 Å². The summed E-state index contributed by atoms with van der Waals surface area (Å²) in [5.41, 5.74) is -0.206. The fraction of sp³-hybridized carbons (Fsp3) is 0.500. The largest absolute Gasteiger partial charge is 0.477 e. The number of carboxylic acid groups (broad SMARTS) is 1. The van der Waals surface area contributed by atoms with E-state index in [2.05, 4.69) is 10.3 Å². The van der Waals surface area contributed by atoms with Crippen LogP contribution in [0, 0.1) is 0 Å². The van der Waals surface area contributed by atoms with Crippen molar-refractivity contribution in [1.82, 2.24) is 14.6 Å². The zero-order chi connectivity index (χ0) is 15.6. The highest BCUT2D eigenvalue weighted by atomic mass is 32.2. The van der Waals surface area contributed by atoms with E-state index in [0.29, 0.717) is 12.8 Å². The van der Waals surface area contributed by atoms with Crippen LogP contribution in [0.2, 0.25) is 0 Å². The van der Waals surface area contributed by atoms with Gasteiger partial charge in [-0.2, -0.15) is 4.31 Å². The van der Waals surface area contributed by atoms with Gasteiger partial charge < -0.3 is 15.4 Å². The number of rotatable bonds is 4. The molecule has 2 heterocycles. The van der Waals surface area contributed by atoms with Gasteiger partial charge in [0.05, 0.1) is 0 Å². The molecule has 1 fully saturated rings. The van der Waals surface area contributed by atoms with Gasteiger partial charge in [0.1, 0.15) is 16.6 Å². The fourth-order valence-corrected chi connectivity index (χ4v) is 4.05. The van der Waals surface area contributed by atoms with Crippen molar-refractivity contribution in [2.24, 2.45) is 0 Å². The second-order valence-corrected chi connectivity index (χ2v) is 6.69. The zero-order valence-corrected chi connectivity index (χ0v) is 12.3. The number of amides is 1. The van der Waals surface area contributed by atoms with Crippen LogP contribution in [-0.2, 0) is 14.8 Å². The molecule has 1 amide bonds. The van der Waals surface area contributed by atoms with Crippen LogP contribution in [0.25, 0.3) is 0 Å². The lowest BCUT2D eigenvalue weighted by Gasteiger charge is -2.32. The number of likely N-dealkylation sites (N-methyl/N-ethyl adjacent to an activating group) is 1. The van der Waals surface area contributed by atoms with Crippen molar-refractivity contribution < 1.29 is 23.1 Å². The molecule has 0 aliphatic carbocycles. The Kier molecular flexibility index (Phi) is 4.33. The van der Waals surface area contributed by atoms with Crippen molar-refractivity contribution in [3.05, 3.63) is 18.0 Å². The van der Waals surface area contributed by atoms with Gasteiger partial charge in [-0.3, -0.25) is 4.79 Å². The standard InChI is InChI=1S/C12H17N3O5S/c1-13-11(16)10-4-2-3-5-15(10)21(19,20)8-6-9(12(17)18)14-7-8/h6-7,10,14H,2-5H2,1H3,(H,13,16)(H,17,18). The van der Waals surface area contributed by atoms with E-state index < -0.39 is 22.0 Å². The highest BCUT2D eigenvalue weighted by Crippen LogP contribution is 2.26. The number of H-pyrrole nitrogens is 1. The number of carboxylic acids is 1. The summed E-state index contributed by atoms with van der Waals surface area (Å²) >= 11 is 0. The van der Waals surface area contributed by atoms with Crippen LogP contribution in [0.1, 0.15) is 29.8 Å². The van der Waals surface area contributed by atoms with E-state index in [-0.39, 0.29) is 23.0 Å². The minimum absolute atomic E-state index is 0.143. The van der Waals surface area contributed by atoms with Gasteiger partial charge in [-0.05, 0) is 18.9 Å². The summed E-state index contributed by atoms with van der Waals surface area (Å²) in [6.45, 7) is 0.244. The first-order valence-electron chi connectivity index (χ1n) is 6.53. The first kappa shape index (κ1) is 15.5. The average Bonchev–Trinajstić information content (AvgIpc) is 2.97. The van der Waals surface area contributed by atoms with Crippen molar-refractivity contribution >= 4 is 21.9 Å². The Bertz CT molecular complexity index is 652. The maximum Gasteiger partial charge on any atom is 0.352 e. The summed E-state index contributed by atoms with van der Waals surface area (Å²) in [5.74, 6) is -1.59. The van der Waals surface area contributed by atoms with Gasteiger partial charge in [-0.1, -0.05) is 6.42 Å². The normalized spacial score (nSPS) is 20.1. The lowest BCUT2D eigenvalue weighted by atomic mass is 10.0. The molecule has 116 valence electrons. The predicted molar refractivity (Wildman–Crippen MR) is 73.3 cm³/mol. The number of carbonyl (C=O) groups excluding carboxylic acids is 1. The zero-order valence-electron chi connectivity index (χ0n) is 11.5. The number of nitrogens with zero attached hydrogens (tertiary/aromatic N) is 1. The molecule has 1 unspecified atom stereocenters. The summed E-state index contributed by atoms with van der Waals surface area (Å²) in [7, 11) is -2.44. The molecule has 9 heteroatoms. The predicted octanol–water partition coefficient (Wildman–Crippen LogP) is 0.00210. The number of hydrogen-bond acceptors (Lipinski definition) is 4. The number of carbonyl (C=O) groups is 2. The molecule has 21 heavy (non-hydrogen) atoms. The molecule has 0 radical (unpaired) electrons. The number of hydrogen-bond donors (Lipinski definition) is 3. The molecule has 1 aliphatic rings. The lowest BCUT2D eigenvalue weighted by Crippen LogP contribution is -2.51. The minimum Gasteiger partial charge on any atom is -0.477 e. The molecular formula is C12H17N3O5S. The molecule has 2 rings (SSSR count). The molecular weight excluding hydrogens is 298 g/mol. The molecule has 1 aromatic heterocycles. The molecule has 1 atom stereocenters. The highest BCUT2D eigenvalue weighted by molar-refractivity contribution is 7.89. The Labute approximate surface area is 122 Å².